The molecular formula is C14H21N3O. The van der Waals surface area contributed by atoms with E-state index < -0.39 is 0 Å². The molecule has 1 saturated carbocycles. The van der Waals surface area contributed by atoms with Crippen LogP contribution < -0.4 is 10.6 Å². The van der Waals surface area contributed by atoms with Crippen molar-refractivity contribution in [3.05, 3.63) is 23.9 Å². The molecule has 2 N–H and O–H groups in total. The predicted octanol–water partition coefficient (Wildman–Crippen LogP) is 2.29. The van der Waals surface area contributed by atoms with E-state index in [9.17, 15) is 4.79 Å². The van der Waals surface area contributed by atoms with Crippen LogP contribution in [0, 0.1) is 11.3 Å². The molecule has 1 aromatic rings. The Morgan fingerprint density at radius 2 is 2.22 bits per heavy atom. The first-order valence-corrected chi connectivity index (χ1v) is 6.49. The van der Waals surface area contributed by atoms with E-state index >= 15 is 0 Å². The summed E-state index contributed by atoms with van der Waals surface area (Å²) in [4.78, 5) is 16.1. The summed E-state index contributed by atoms with van der Waals surface area (Å²) in [5.41, 5.74) is 1.00. The number of hydrogen-bond donors (Lipinski definition) is 2. The summed E-state index contributed by atoms with van der Waals surface area (Å²) in [5.74, 6) is 1.33. The van der Waals surface area contributed by atoms with Gasteiger partial charge < -0.3 is 10.6 Å². The van der Waals surface area contributed by atoms with Crippen molar-refractivity contribution >= 4 is 11.7 Å². The molecule has 1 heterocycles. The van der Waals surface area contributed by atoms with Crippen LogP contribution in [0.4, 0.5) is 5.82 Å². The number of aromatic nitrogens is 1. The van der Waals surface area contributed by atoms with Crippen molar-refractivity contribution in [1.82, 2.24) is 10.3 Å². The van der Waals surface area contributed by atoms with Crippen LogP contribution in [0.15, 0.2) is 18.3 Å². The van der Waals surface area contributed by atoms with E-state index in [1.807, 2.05) is 0 Å². The van der Waals surface area contributed by atoms with Gasteiger partial charge in [0.2, 0.25) is 0 Å². The highest BCUT2D eigenvalue weighted by molar-refractivity contribution is 5.94. The number of amides is 1. The molecule has 0 aromatic carbocycles. The van der Waals surface area contributed by atoms with Crippen molar-refractivity contribution < 1.29 is 4.79 Å². The van der Waals surface area contributed by atoms with Crippen molar-refractivity contribution in [2.75, 3.05) is 18.9 Å². The Morgan fingerprint density at radius 3 is 2.78 bits per heavy atom. The molecule has 0 unspecified atom stereocenters. The monoisotopic (exact) mass is 247 g/mol. The summed E-state index contributed by atoms with van der Waals surface area (Å²) in [6, 6.07) is 3.51. The van der Waals surface area contributed by atoms with Crippen LogP contribution in [0.2, 0.25) is 0 Å². The zero-order valence-corrected chi connectivity index (χ0v) is 11.3. The van der Waals surface area contributed by atoms with Crippen LogP contribution in [-0.4, -0.2) is 24.5 Å². The van der Waals surface area contributed by atoms with Gasteiger partial charge in [-0.2, -0.15) is 0 Å². The van der Waals surface area contributed by atoms with E-state index in [4.69, 9.17) is 0 Å². The van der Waals surface area contributed by atoms with Crippen molar-refractivity contribution in [3.63, 3.8) is 0 Å². The molecule has 0 aliphatic heterocycles. The maximum Gasteiger partial charge on any atom is 0.251 e. The number of anilines is 1. The van der Waals surface area contributed by atoms with Gasteiger partial charge in [-0.1, -0.05) is 13.8 Å². The fraction of sp³-hybridized carbons (Fsp3) is 0.571. The van der Waals surface area contributed by atoms with Gasteiger partial charge in [0, 0.05) is 25.4 Å². The van der Waals surface area contributed by atoms with Gasteiger partial charge in [-0.25, -0.2) is 4.98 Å². The van der Waals surface area contributed by atoms with E-state index in [1.54, 1.807) is 25.4 Å². The Balaban J connectivity index is 1.95. The first-order valence-electron chi connectivity index (χ1n) is 6.49. The smallest absolute Gasteiger partial charge is 0.251 e. The topological polar surface area (TPSA) is 54.0 Å². The molecule has 18 heavy (non-hydrogen) atoms. The van der Waals surface area contributed by atoms with Crippen molar-refractivity contribution in [2.24, 2.45) is 11.3 Å². The lowest BCUT2D eigenvalue weighted by Crippen LogP contribution is -2.32. The third kappa shape index (κ3) is 2.63. The zero-order valence-electron chi connectivity index (χ0n) is 11.3. The molecule has 0 radical (unpaired) electrons. The fourth-order valence-corrected chi connectivity index (χ4v) is 2.19. The van der Waals surface area contributed by atoms with Crippen molar-refractivity contribution in [3.8, 4) is 0 Å². The Morgan fingerprint density at radius 1 is 1.50 bits per heavy atom. The second kappa shape index (κ2) is 4.96. The maximum atomic E-state index is 12.0. The second-order valence-corrected chi connectivity index (χ2v) is 5.38. The summed E-state index contributed by atoms with van der Waals surface area (Å²) in [6.07, 6.45) is 4.10. The van der Waals surface area contributed by atoms with Crippen LogP contribution >= 0.6 is 0 Å². The summed E-state index contributed by atoms with van der Waals surface area (Å²) in [6.45, 7) is 5.23. The van der Waals surface area contributed by atoms with E-state index in [-0.39, 0.29) is 5.91 Å². The number of hydrogen-bond acceptors (Lipinski definition) is 3. The number of rotatable bonds is 5. The number of pyridine rings is 1. The molecule has 4 nitrogen and oxygen atoms in total. The average molecular weight is 247 g/mol. The highest BCUT2D eigenvalue weighted by Crippen LogP contribution is 2.51. The molecular weight excluding hydrogens is 226 g/mol. The summed E-state index contributed by atoms with van der Waals surface area (Å²) in [5, 5.41) is 5.97. The number of carbonyl (C=O) groups is 1. The first kappa shape index (κ1) is 12.9. The maximum absolute atomic E-state index is 12.0. The fourth-order valence-electron chi connectivity index (χ4n) is 2.19. The minimum Gasteiger partial charge on any atom is -0.373 e. The second-order valence-electron chi connectivity index (χ2n) is 5.38. The molecule has 1 aromatic heterocycles. The van der Waals surface area contributed by atoms with Gasteiger partial charge in [-0.15, -0.1) is 0 Å². The van der Waals surface area contributed by atoms with Crippen molar-refractivity contribution in [1.29, 1.82) is 0 Å². The molecule has 0 spiro atoms. The van der Waals surface area contributed by atoms with Gasteiger partial charge in [0.15, 0.2) is 0 Å². The van der Waals surface area contributed by atoms with Gasteiger partial charge in [0.1, 0.15) is 5.82 Å². The van der Waals surface area contributed by atoms with Crippen molar-refractivity contribution in [2.45, 2.75) is 26.7 Å². The quantitative estimate of drug-likeness (QED) is 0.839. The third-order valence-corrected chi connectivity index (χ3v) is 4.00. The molecule has 2 rings (SSSR count). The Kier molecular flexibility index (Phi) is 3.55. The van der Waals surface area contributed by atoms with Crippen LogP contribution in [0.25, 0.3) is 0 Å². The largest absolute Gasteiger partial charge is 0.373 e. The Bertz CT molecular complexity index is 438. The molecule has 1 fully saturated rings. The number of nitrogens with one attached hydrogen (secondary N) is 2. The Hall–Kier alpha value is -1.58. The standard InChI is InChI=1S/C14H21N3O/c1-10(2)14(5-6-14)9-17-13(18)11-4-7-16-12(8-11)15-3/h4,7-8,10H,5-6,9H2,1-3H3,(H,15,16)(H,17,18). The minimum absolute atomic E-state index is 0.0131. The van der Waals surface area contributed by atoms with E-state index in [2.05, 4.69) is 29.5 Å². The highest BCUT2D eigenvalue weighted by atomic mass is 16.1. The highest BCUT2D eigenvalue weighted by Gasteiger charge is 2.45. The van der Waals surface area contributed by atoms with E-state index in [1.165, 1.54) is 12.8 Å². The van der Waals surface area contributed by atoms with E-state index in [0.717, 1.165) is 6.54 Å². The van der Waals surface area contributed by atoms with Crippen LogP contribution in [-0.2, 0) is 0 Å². The number of carbonyl (C=O) groups excluding carboxylic acids is 1. The van der Waals surface area contributed by atoms with E-state index in [0.29, 0.717) is 22.7 Å². The van der Waals surface area contributed by atoms with Gasteiger partial charge >= 0.3 is 0 Å². The molecule has 1 aliphatic rings. The molecule has 0 atom stereocenters. The predicted molar refractivity (Wildman–Crippen MR) is 72.6 cm³/mol. The summed E-state index contributed by atoms with van der Waals surface area (Å²) < 4.78 is 0. The lowest BCUT2D eigenvalue weighted by Gasteiger charge is -2.20. The molecule has 1 aliphatic carbocycles. The average Bonchev–Trinajstić information content (AvgIpc) is 3.17. The molecule has 4 heteroatoms. The van der Waals surface area contributed by atoms with Crippen LogP contribution in [0.3, 0.4) is 0 Å². The van der Waals surface area contributed by atoms with Crippen LogP contribution in [0.1, 0.15) is 37.0 Å². The molecule has 0 bridgehead atoms. The molecule has 0 saturated heterocycles. The third-order valence-electron chi connectivity index (χ3n) is 4.00. The first-order chi connectivity index (χ1) is 8.57. The van der Waals surface area contributed by atoms with Crippen LogP contribution in [0.5, 0.6) is 0 Å². The lowest BCUT2D eigenvalue weighted by atomic mass is 9.92. The minimum atomic E-state index is -0.0131. The lowest BCUT2D eigenvalue weighted by molar-refractivity contribution is 0.0939. The summed E-state index contributed by atoms with van der Waals surface area (Å²) in [7, 11) is 1.79. The zero-order chi connectivity index (χ0) is 13.2. The normalized spacial score (nSPS) is 16.4. The van der Waals surface area contributed by atoms with Gasteiger partial charge in [0.25, 0.3) is 5.91 Å². The SMILES string of the molecule is CNc1cc(C(=O)NCC2(C(C)C)CC2)ccn1. The van der Waals surface area contributed by atoms with Gasteiger partial charge in [0.05, 0.1) is 0 Å². The summed E-state index contributed by atoms with van der Waals surface area (Å²) >= 11 is 0. The van der Waals surface area contributed by atoms with Gasteiger partial charge in [-0.3, -0.25) is 4.79 Å². The van der Waals surface area contributed by atoms with Gasteiger partial charge in [-0.05, 0) is 36.3 Å². The number of nitrogens with zero attached hydrogens (tertiary/aromatic N) is 1. The molecule has 1 amide bonds. The Labute approximate surface area is 108 Å². The molecule has 98 valence electrons.